The second-order valence-electron chi connectivity index (χ2n) is 4.49. The summed E-state index contributed by atoms with van der Waals surface area (Å²) in [6.45, 7) is -1.01. The maximum atomic E-state index is 12.9. The first-order chi connectivity index (χ1) is 11.5. The molecule has 0 atom stereocenters. The molecule has 2 aromatic rings. The van der Waals surface area contributed by atoms with Crippen LogP contribution in [0.2, 0.25) is 5.02 Å². The average Bonchev–Trinajstić information content (AvgIpc) is 3.08. The SMILES string of the molecule is O=C(COC(=O)CNC(=O)c1ccco1)Nc1ccc(F)cc1Cl. The van der Waals surface area contributed by atoms with Gasteiger partial charge in [-0.15, -0.1) is 0 Å². The van der Waals surface area contributed by atoms with E-state index >= 15 is 0 Å². The monoisotopic (exact) mass is 354 g/mol. The van der Waals surface area contributed by atoms with Crippen LogP contribution in [0.5, 0.6) is 0 Å². The fourth-order valence-corrected chi connectivity index (χ4v) is 1.84. The lowest BCUT2D eigenvalue weighted by molar-refractivity contribution is -0.146. The van der Waals surface area contributed by atoms with Crippen molar-refractivity contribution in [2.75, 3.05) is 18.5 Å². The molecule has 1 aromatic heterocycles. The van der Waals surface area contributed by atoms with Crippen molar-refractivity contribution < 1.29 is 27.9 Å². The van der Waals surface area contributed by atoms with Crippen molar-refractivity contribution in [2.45, 2.75) is 0 Å². The van der Waals surface area contributed by atoms with Crippen LogP contribution in [0.25, 0.3) is 0 Å². The number of nitrogens with one attached hydrogen (secondary N) is 2. The van der Waals surface area contributed by atoms with Gasteiger partial charge in [-0.3, -0.25) is 14.4 Å². The third-order valence-corrected chi connectivity index (χ3v) is 3.02. The van der Waals surface area contributed by atoms with Crippen molar-refractivity contribution >= 4 is 35.1 Å². The second-order valence-corrected chi connectivity index (χ2v) is 4.90. The smallest absolute Gasteiger partial charge is 0.325 e. The highest BCUT2D eigenvalue weighted by Gasteiger charge is 2.13. The van der Waals surface area contributed by atoms with Crippen LogP contribution in [-0.2, 0) is 14.3 Å². The van der Waals surface area contributed by atoms with Crippen LogP contribution in [-0.4, -0.2) is 30.9 Å². The van der Waals surface area contributed by atoms with Crippen LogP contribution < -0.4 is 10.6 Å². The molecule has 0 aliphatic heterocycles. The maximum absolute atomic E-state index is 12.9. The molecule has 2 N–H and O–H groups in total. The summed E-state index contributed by atoms with van der Waals surface area (Å²) < 4.78 is 22.4. The van der Waals surface area contributed by atoms with Crippen LogP contribution in [0.1, 0.15) is 10.6 Å². The Labute approximate surface area is 140 Å². The second kappa shape index (κ2) is 8.11. The normalized spacial score (nSPS) is 10.1. The van der Waals surface area contributed by atoms with Gasteiger partial charge in [-0.05, 0) is 30.3 Å². The highest BCUT2D eigenvalue weighted by molar-refractivity contribution is 6.33. The third kappa shape index (κ3) is 5.10. The molecule has 9 heteroatoms. The van der Waals surface area contributed by atoms with Crippen molar-refractivity contribution in [3.63, 3.8) is 0 Å². The van der Waals surface area contributed by atoms with Crippen LogP contribution in [0.15, 0.2) is 41.0 Å². The zero-order chi connectivity index (χ0) is 17.5. The summed E-state index contributed by atoms with van der Waals surface area (Å²) in [4.78, 5) is 34.6. The molecule has 0 saturated heterocycles. The van der Waals surface area contributed by atoms with Gasteiger partial charge < -0.3 is 19.8 Å². The molecule has 0 radical (unpaired) electrons. The lowest BCUT2D eigenvalue weighted by Crippen LogP contribution is -2.32. The molecule has 7 nitrogen and oxygen atoms in total. The summed E-state index contributed by atoms with van der Waals surface area (Å²) in [6, 6.07) is 6.39. The van der Waals surface area contributed by atoms with Gasteiger partial charge in [0, 0.05) is 0 Å². The minimum Gasteiger partial charge on any atom is -0.459 e. The van der Waals surface area contributed by atoms with Crippen LogP contribution in [0.4, 0.5) is 10.1 Å². The van der Waals surface area contributed by atoms with Crippen LogP contribution >= 0.6 is 11.6 Å². The van der Waals surface area contributed by atoms with E-state index in [-0.39, 0.29) is 16.5 Å². The van der Waals surface area contributed by atoms with Crippen molar-refractivity contribution in [1.82, 2.24) is 5.32 Å². The Kier molecular flexibility index (Phi) is 5.91. The number of hydrogen-bond acceptors (Lipinski definition) is 5. The molecule has 0 fully saturated rings. The summed E-state index contributed by atoms with van der Waals surface area (Å²) >= 11 is 5.75. The molecule has 0 aliphatic carbocycles. The average molecular weight is 355 g/mol. The van der Waals surface area contributed by atoms with E-state index in [0.717, 1.165) is 12.1 Å². The number of furan rings is 1. The number of rotatable bonds is 6. The predicted molar refractivity (Wildman–Crippen MR) is 82.0 cm³/mol. The van der Waals surface area contributed by atoms with Gasteiger partial charge in [-0.25, -0.2) is 4.39 Å². The van der Waals surface area contributed by atoms with Crippen molar-refractivity contribution in [3.8, 4) is 0 Å². The molecule has 0 bridgehead atoms. The summed E-state index contributed by atoms with van der Waals surface area (Å²) in [5.74, 6) is -2.55. The summed E-state index contributed by atoms with van der Waals surface area (Å²) in [5.41, 5.74) is 0.185. The van der Waals surface area contributed by atoms with Gasteiger partial charge in [0.05, 0.1) is 17.0 Å². The van der Waals surface area contributed by atoms with Gasteiger partial charge in [0.15, 0.2) is 12.4 Å². The first-order valence-corrected chi connectivity index (χ1v) is 7.05. The molecule has 0 saturated carbocycles. The highest BCUT2D eigenvalue weighted by Crippen LogP contribution is 2.22. The lowest BCUT2D eigenvalue weighted by Gasteiger charge is -2.08. The number of benzene rings is 1. The van der Waals surface area contributed by atoms with Gasteiger partial charge in [0.2, 0.25) is 0 Å². The Hall–Kier alpha value is -2.87. The van der Waals surface area contributed by atoms with Gasteiger partial charge in [-0.2, -0.15) is 0 Å². The van der Waals surface area contributed by atoms with E-state index in [9.17, 15) is 18.8 Å². The molecule has 24 heavy (non-hydrogen) atoms. The Morgan fingerprint density at radius 3 is 2.71 bits per heavy atom. The fraction of sp³-hybridized carbons (Fsp3) is 0.133. The standard InChI is InChI=1S/C15H12ClFN2O5/c16-10-6-9(17)3-4-11(10)19-13(20)8-24-14(21)7-18-15(22)12-2-1-5-23-12/h1-6H,7-8H2,(H,18,22)(H,19,20). The van der Waals surface area contributed by atoms with Crippen LogP contribution in [0.3, 0.4) is 0 Å². The first-order valence-electron chi connectivity index (χ1n) is 6.68. The van der Waals surface area contributed by atoms with E-state index in [1.807, 2.05) is 0 Å². The third-order valence-electron chi connectivity index (χ3n) is 2.71. The molecule has 126 valence electrons. The Morgan fingerprint density at radius 1 is 1.25 bits per heavy atom. The molecule has 2 rings (SSSR count). The molecule has 1 aromatic carbocycles. The van der Waals surface area contributed by atoms with E-state index in [4.69, 9.17) is 20.8 Å². The zero-order valence-corrected chi connectivity index (χ0v) is 12.9. The van der Waals surface area contributed by atoms with Crippen molar-refractivity contribution in [2.24, 2.45) is 0 Å². The number of halogens is 2. The van der Waals surface area contributed by atoms with E-state index in [2.05, 4.69) is 10.6 Å². The molecule has 0 spiro atoms. The number of carbonyl (C=O) groups is 3. The van der Waals surface area contributed by atoms with Gasteiger partial charge in [0.25, 0.3) is 11.8 Å². The number of esters is 1. The fourth-order valence-electron chi connectivity index (χ4n) is 1.62. The Balaban J connectivity index is 1.73. The molecule has 2 amide bonds. The molecule has 0 unspecified atom stereocenters. The first kappa shape index (κ1) is 17.5. The van der Waals surface area contributed by atoms with E-state index in [0.29, 0.717) is 0 Å². The Morgan fingerprint density at radius 2 is 2.04 bits per heavy atom. The highest BCUT2D eigenvalue weighted by atomic mass is 35.5. The number of hydrogen-bond donors (Lipinski definition) is 2. The number of ether oxygens (including phenoxy) is 1. The molecular formula is C15H12ClFN2O5. The lowest BCUT2D eigenvalue weighted by atomic mass is 10.3. The summed E-state index contributed by atoms with van der Waals surface area (Å²) in [6.07, 6.45) is 1.32. The maximum Gasteiger partial charge on any atom is 0.325 e. The molecule has 1 heterocycles. The number of anilines is 1. The molecular weight excluding hydrogens is 343 g/mol. The van der Waals surface area contributed by atoms with Gasteiger partial charge in [-0.1, -0.05) is 11.6 Å². The van der Waals surface area contributed by atoms with E-state index in [1.54, 1.807) is 0 Å². The molecule has 0 aliphatic rings. The summed E-state index contributed by atoms with van der Waals surface area (Å²) in [5, 5.41) is 4.65. The topological polar surface area (TPSA) is 97.6 Å². The predicted octanol–water partition coefficient (Wildman–Crippen LogP) is 1.98. The van der Waals surface area contributed by atoms with Gasteiger partial charge >= 0.3 is 5.97 Å². The summed E-state index contributed by atoms with van der Waals surface area (Å²) in [7, 11) is 0. The number of amides is 2. The Bertz CT molecular complexity index is 748. The number of carbonyl (C=O) groups excluding carboxylic acids is 3. The van der Waals surface area contributed by atoms with E-state index in [1.165, 1.54) is 24.5 Å². The minimum absolute atomic E-state index is 0.0142. The van der Waals surface area contributed by atoms with Crippen LogP contribution in [0, 0.1) is 5.82 Å². The van der Waals surface area contributed by atoms with Gasteiger partial charge in [0.1, 0.15) is 12.4 Å². The van der Waals surface area contributed by atoms with E-state index < -0.39 is 36.8 Å². The minimum atomic E-state index is -0.810. The van der Waals surface area contributed by atoms with Crippen molar-refractivity contribution in [3.05, 3.63) is 53.2 Å². The zero-order valence-electron chi connectivity index (χ0n) is 12.2. The van der Waals surface area contributed by atoms with Crippen molar-refractivity contribution in [1.29, 1.82) is 0 Å². The quantitative estimate of drug-likeness (QED) is 0.773. The largest absolute Gasteiger partial charge is 0.459 e.